The molecular formula is C13H14ClNO. The molecule has 1 aliphatic rings. The normalized spacial score (nSPS) is 15.2. The molecule has 0 unspecified atom stereocenters. The summed E-state index contributed by atoms with van der Waals surface area (Å²) in [6.45, 7) is 2.88. The maximum Gasteiger partial charge on any atom is 0.190 e. The Kier molecular flexibility index (Phi) is 3.30. The summed E-state index contributed by atoms with van der Waals surface area (Å²) >= 11 is 6.01. The smallest absolute Gasteiger partial charge is 0.190 e. The van der Waals surface area contributed by atoms with Crippen molar-refractivity contribution in [1.82, 2.24) is 5.32 Å². The molecule has 0 radical (unpaired) electrons. The first-order valence-electron chi connectivity index (χ1n) is 5.42. The van der Waals surface area contributed by atoms with Crippen molar-refractivity contribution in [1.29, 1.82) is 0 Å². The van der Waals surface area contributed by atoms with E-state index in [1.54, 1.807) is 6.07 Å². The van der Waals surface area contributed by atoms with Crippen LogP contribution in [0.1, 0.15) is 28.8 Å². The van der Waals surface area contributed by atoms with Crippen LogP contribution < -0.4 is 5.32 Å². The van der Waals surface area contributed by atoms with Gasteiger partial charge in [-0.1, -0.05) is 23.7 Å². The molecular weight excluding hydrogens is 222 g/mol. The van der Waals surface area contributed by atoms with Crippen molar-refractivity contribution in [3.05, 3.63) is 46.1 Å². The number of allylic oxidation sites excluding steroid dienone is 1. The Morgan fingerprint density at radius 2 is 2.25 bits per heavy atom. The van der Waals surface area contributed by atoms with E-state index in [-0.39, 0.29) is 5.78 Å². The van der Waals surface area contributed by atoms with Gasteiger partial charge in [0.2, 0.25) is 0 Å². The summed E-state index contributed by atoms with van der Waals surface area (Å²) in [6.07, 6.45) is 3.67. The average Bonchev–Trinajstić information content (AvgIpc) is 2.33. The molecule has 3 heteroatoms. The molecule has 2 rings (SSSR count). The molecule has 1 aromatic carbocycles. The Hall–Kier alpha value is -1.28. The van der Waals surface area contributed by atoms with E-state index in [2.05, 4.69) is 5.32 Å². The van der Waals surface area contributed by atoms with Crippen LogP contribution in [-0.4, -0.2) is 12.3 Å². The van der Waals surface area contributed by atoms with Crippen molar-refractivity contribution in [3.8, 4) is 0 Å². The van der Waals surface area contributed by atoms with Crippen molar-refractivity contribution in [2.24, 2.45) is 0 Å². The number of ketones is 1. The third-order valence-corrected chi connectivity index (χ3v) is 3.18. The van der Waals surface area contributed by atoms with E-state index in [1.165, 1.54) is 0 Å². The Labute approximate surface area is 100 Å². The topological polar surface area (TPSA) is 29.1 Å². The molecule has 0 bridgehead atoms. The lowest BCUT2D eigenvalue weighted by atomic mass is 9.98. The minimum absolute atomic E-state index is 0.0779. The van der Waals surface area contributed by atoms with E-state index in [4.69, 9.17) is 11.6 Å². The molecule has 0 amide bonds. The first-order chi connectivity index (χ1) is 7.68. The van der Waals surface area contributed by atoms with Gasteiger partial charge in [-0.25, -0.2) is 0 Å². The third kappa shape index (κ3) is 2.27. The summed E-state index contributed by atoms with van der Waals surface area (Å²) in [4.78, 5) is 12.1. The minimum Gasteiger partial charge on any atom is -0.391 e. The molecule has 0 spiro atoms. The molecule has 0 saturated carbocycles. The zero-order valence-corrected chi connectivity index (χ0v) is 9.97. The molecule has 1 aliphatic heterocycles. The van der Waals surface area contributed by atoms with Crippen LogP contribution in [0.15, 0.2) is 30.0 Å². The molecule has 0 aromatic heterocycles. The molecule has 1 N–H and O–H groups in total. The first kappa shape index (κ1) is 11.2. The van der Waals surface area contributed by atoms with Crippen LogP contribution in [0.2, 0.25) is 5.02 Å². The predicted molar refractivity (Wildman–Crippen MR) is 65.8 cm³/mol. The Morgan fingerprint density at radius 1 is 1.44 bits per heavy atom. The van der Waals surface area contributed by atoms with Gasteiger partial charge in [0.1, 0.15) is 0 Å². The highest BCUT2D eigenvalue weighted by Gasteiger charge is 2.14. The fraction of sp³-hybridized carbons (Fsp3) is 0.308. The van der Waals surface area contributed by atoms with E-state index in [0.29, 0.717) is 10.6 Å². The number of benzene rings is 1. The molecule has 1 aromatic rings. The fourth-order valence-electron chi connectivity index (χ4n) is 1.75. The van der Waals surface area contributed by atoms with Crippen LogP contribution in [0, 0.1) is 6.92 Å². The monoisotopic (exact) mass is 235 g/mol. The van der Waals surface area contributed by atoms with Gasteiger partial charge in [-0.3, -0.25) is 4.79 Å². The summed E-state index contributed by atoms with van der Waals surface area (Å²) in [7, 11) is 0. The maximum atomic E-state index is 12.1. The van der Waals surface area contributed by atoms with Gasteiger partial charge >= 0.3 is 0 Å². The second-order valence-electron chi connectivity index (χ2n) is 4.02. The highest BCUT2D eigenvalue weighted by Crippen LogP contribution is 2.20. The predicted octanol–water partition coefficient (Wildman–Crippen LogP) is 3.10. The highest BCUT2D eigenvalue weighted by molar-refractivity contribution is 6.31. The number of hydrogen-bond acceptors (Lipinski definition) is 2. The van der Waals surface area contributed by atoms with Crippen molar-refractivity contribution in [2.45, 2.75) is 19.8 Å². The van der Waals surface area contributed by atoms with Crippen LogP contribution >= 0.6 is 11.6 Å². The second kappa shape index (κ2) is 4.71. The zero-order chi connectivity index (χ0) is 11.5. The van der Waals surface area contributed by atoms with Gasteiger partial charge in [-0.05, 0) is 31.4 Å². The summed E-state index contributed by atoms with van der Waals surface area (Å²) in [5, 5.41) is 3.74. The van der Waals surface area contributed by atoms with E-state index in [0.717, 1.165) is 30.5 Å². The number of hydrogen-bond donors (Lipinski definition) is 1. The van der Waals surface area contributed by atoms with Gasteiger partial charge in [-0.2, -0.15) is 0 Å². The summed E-state index contributed by atoms with van der Waals surface area (Å²) in [6, 6.07) is 5.46. The average molecular weight is 236 g/mol. The highest BCUT2D eigenvalue weighted by atomic mass is 35.5. The lowest BCUT2D eigenvalue weighted by molar-refractivity contribution is 0.102. The van der Waals surface area contributed by atoms with Gasteiger partial charge in [-0.15, -0.1) is 0 Å². The molecule has 2 nitrogen and oxygen atoms in total. The first-order valence-corrected chi connectivity index (χ1v) is 5.79. The van der Waals surface area contributed by atoms with Crippen LogP contribution in [0.4, 0.5) is 0 Å². The Bertz CT molecular complexity index is 451. The van der Waals surface area contributed by atoms with Gasteiger partial charge in [0.25, 0.3) is 0 Å². The molecule has 0 saturated heterocycles. The maximum absolute atomic E-state index is 12.1. The number of rotatable bonds is 2. The van der Waals surface area contributed by atoms with Gasteiger partial charge in [0.15, 0.2) is 5.78 Å². The third-order valence-electron chi connectivity index (χ3n) is 2.77. The fourth-order valence-corrected chi connectivity index (χ4v) is 1.93. The number of carbonyl (C=O) groups excluding carboxylic acids is 1. The van der Waals surface area contributed by atoms with Crippen molar-refractivity contribution < 1.29 is 4.79 Å². The van der Waals surface area contributed by atoms with E-state index < -0.39 is 0 Å². The zero-order valence-electron chi connectivity index (χ0n) is 9.22. The van der Waals surface area contributed by atoms with Crippen molar-refractivity contribution >= 4 is 17.4 Å². The Morgan fingerprint density at radius 3 is 2.88 bits per heavy atom. The van der Waals surface area contributed by atoms with Crippen LogP contribution in [-0.2, 0) is 0 Å². The standard InChI is InChI=1S/C13H14ClNO/c1-9-4-5-10(7-12(9)14)13(16)11-3-2-6-15-8-11/h4-5,7-8,15H,2-3,6H2,1H3. The van der Waals surface area contributed by atoms with Crippen molar-refractivity contribution in [3.63, 3.8) is 0 Å². The minimum atomic E-state index is 0.0779. The van der Waals surface area contributed by atoms with E-state index in [1.807, 2.05) is 25.3 Å². The summed E-state index contributed by atoms with van der Waals surface area (Å²) in [5.41, 5.74) is 2.51. The van der Waals surface area contributed by atoms with Crippen molar-refractivity contribution in [2.75, 3.05) is 6.54 Å². The SMILES string of the molecule is Cc1ccc(C(=O)C2=CNCCC2)cc1Cl. The lowest BCUT2D eigenvalue weighted by Crippen LogP contribution is -2.18. The van der Waals surface area contributed by atoms with Gasteiger partial charge in [0.05, 0.1) is 0 Å². The Balaban J connectivity index is 2.26. The second-order valence-corrected chi connectivity index (χ2v) is 4.43. The lowest BCUT2D eigenvalue weighted by Gasteiger charge is -2.13. The number of aryl methyl sites for hydroxylation is 1. The van der Waals surface area contributed by atoms with Gasteiger partial charge < -0.3 is 5.32 Å². The van der Waals surface area contributed by atoms with E-state index in [9.17, 15) is 4.79 Å². The number of Topliss-reactive ketones (excluding diaryl/α,β-unsaturated/α-hetero) is 1. The molecule has 16 heavy (non-hydrogen) atoms. The molecule has 0 fully saturated rings. The number of carbonyl (C=O) groups is 1. The van der Waals surface area contributed by atoms with Crippen LogP contribution in [0.5, 0.6) is 0 Å². The van der Waals surface area contributed by atoms with Gasteiger partial charge in [0, 0.05) is 28.9 Å². The van der Waals surface area contributed by atoms with E-state index >= 15 is 0 Å². The summed E-state index contributed by atoms with van der Waals surface area (Å²) in [5.74, 6) is 0.0779. The van der Waals surface area contributed by atoms with Crippen LogP contribution in [0.25, 0.3) is 0 Å². The molecule has 84 valence electrons. The molecule has 0 aliphatic carbocycles. The number of nitrogens with one attached hydrogen (secondary N) is 1. The molecule has 1 heterocycles. The molecule has 0 atom stereocenters. The quantitative estimate of drug-likeness (QED) is 0.799. The summed E-state index contributed by atoms with van der Waals surface area (Å²) < 4.78 is 0. The van der Waals surface area contributed by atoms with Crippen LogP contribution in [0.3, 0.4) is 0 Å². The largest absolute Gasteiger partial charge is 0.391 e. The number of halogens is 1.